The van der Waals surface area contributed by atoms with Gasteiger partial charge in [0.15, 0.2) is 6.29 Å². The Morgan fingerprint density at radius 3 is 1.80 bits per heavy atom. The van der Waals surface area contributed by atoms with Crippen molar-refractivity contribution in [2.45, 2.75) is 12.7 Å². The number of hydrogen-bond acceptors (Lipinski definition) is 7. The number of benzene rings is 1. The molecule has 8 nitrogen and oxygen atoms in total. The highest BCUT2D eigenvalue weighted by Gasteiger charge is 2.34. The predicted octanol–water partition coefficient (Wildman–Crippen LogP) is 0.0332. The molecule has 0 bridgehead atoms. The number of amides is 2. The first-order valence-corrected chi connectivity index (χ1v) is 8.16. The molecule has 25 heavy (non-hydrogen) atoms. The molecule has 0 saturated carbocycles. The third kappa shape index (κ3) is 5.87. The molecule has 0 fully saturated rings. The molecule has 138 valence electrons. The Hall–Kier alpha value is -1.84. The summed E-state index contributed by atoms with van der Waals surface area (Å²) < 4.78 is 15.8. The predicted molar refractivity (Wildman–Crippen MR) is 87.1 cm³/mol. The minimum Gasteiger partial charge on any atom is -0.379 e. The number of imide groups is 1. The largest absolute Gasteiger partial charge is 0.379 e. The minimum atomic E-state index is -1.35. The Morgan fingerprint density at radius 2 is 1.28 bits per heavy atom. The summed E-state index contributed by atoms with van der Waals surface area (Å²) in [6.45, 7) is 2.17. The van der Waals surface area contributed by atoms with E-state index < -0.39 is 6.29 Å². The second-order valence-corrected chi connectivity index (χ2v) is 5.41. The maximum absolute atomic E-state index is 12.1. The summed E-state index contributed by atoms with van der Waals surface area (Å²) in [5.41, 5.74) is 0.870. The zero-order valence-electron chi connectivity index (χ0n) is 13.9. The summed E-state index contributed by atoms with van der Waals surface area (Å²) in [5.74, 6) is -0.573. The lowest BCUT2D eigenvalue weighted by Gasteiger charge is -2.13. The lowest BCUT2D eigenvalue weighted by molar-refractivity contribution is -0.0652. The van der Waals surface area contributed by atoms with Crippen molar-refractivity contribution in [1.29, 1.82) is 0 Å². The van der Waals surface area contributed by atoms with Crippen LogP contribution >= 0.6 is 0 Å². The van der Waals surface area contributed by atoms with E-state index in [1.807, 2.05) is 0 Å². The van der Waals surface area contributed by atoms with Gasteiger partial charge in [-0.05, 0) is 12.1 Å². The van der Waals surface area contributed by atoms with E-state index in [-0.39, 0.29) is 38.0 Å². The molecule has 0 spiro atoms. The number of rotatable bonds is 12. The van der Waals surface area contributed by atoms with Gasteiger partial charge in [0.05, 0.1) is 57.3 Å². The molecule has 0 unspecified atom stereocenters. The summed E-state index contributed by atoms with van der Waals surface area (Å²) in [4.78, 5) is 25.4. The second-order valence-electron chi connectivity index (χ2n) is 5.41. The number of hydrogen-bond donors (Lipinski definition) is 2. The molecule has 2 N–H and O–H groups in total. The molecule has 0 aromatic heterocycles. The van der Waals surface area contributed by atoms with Crippen LogP contribution in [0.4, 0.5) is 0 Å². The van der Waals surface area contributed by atoms with Gasteiger partial charge in [-0.1, -0.05) is 12.1 Å². The molecular formula is C17H23NO7. The van der Waals surface area contributed by atoms with E-state index in [2.05, 4.69) is 0 Å². The van der Waals surface area contributed by atoms with Crippen LogP contribution < -0.4 is 0 Å². The number of ether oxygens (including phenoxy) is 3. The van der Waals surface area contributed by atoms with Crippen LogP contribution in [0.25, 0.3) is 0 Å². The van der Waals surface area contributed by atoms with Gasteiger partial charge in [0.2, 0.25) is 0 Å². The molecule has 0 aliphatic carbocycles. The van der Waals surface area contributed by atoms with Gasteiger partial charge in [-0.25, -0.2) is 0 Å². The first kappa shape index (κ1) is 19.5. The first-order valence-electron chi connectivity index (χ1n) is 8.16. The van der Waals surface area contributed by atoms with Crippen molar-refractivity contribution in [3.63, 3.8) is 0 Å². The lowest BCUT2D eigenvalue weighted by atomic mass is 10.1. The Labute approximate surface area is 145 Å². The summed E-state index contributed by atoms with van der Waals surface area (Å²) in [7, 11) is 0. The molecule has 1 aliphatic heterocycles. The number of carbonyl (C=O) groups excluding carboxylic acids is 2. The highest BCUT2D eigenvalue weighted by atomic mass is 16.5. The smallest absolute Gasteiger partial charge is 0.261 e. The van der Waals surface area contributed by atoms with Crippen LogP contribution in [-0.2, 0) is 14.2 Å². The van der Waals surface area contributed by atoms with Gasteiger partial charge in [-0.15, -0.1) is 0 Å². The van der Waals surface area contributed by atoms with Gasteiger partial charge < -0.3 is 24.4 Å². The van der Waals surface area contributed by atoms with Crippen molar-refractivity contribution >= 4 is 11.8 Å². The molecule has 1 heterocycles. The maximum Gasteiger partial charge on any atom is 0.261 e. The van der Waals surface area contributed by atoms with Crippen molar-refractivity contribution in [2.75, 3.05) is 46.2 Å². The van der Waals surface area contributed by atoms with E-state index in [1.54, 1.807) is 24.3 Å². The van der Waals surface area contributed by atoms with Gasteiger partial charge in [-0.2, -0.15) is 0 Å². The van der Waals surface area contributed by atoms with Crippen LogP contribution in [0.3, 0.4) is 0 Å². The van der Waals surface area contributed by atoms with E-state index in [4.69, 9.17) is 24.4 Å². The molecule has 1 aromatic carbocycles. The maximum atomic E-state index is 12.1. The van der Waals surface area contributed by atoms with E-state index in [1.165, 1.54) is 4.90 Å². The number of nitrogens with zero attached hydrogens (tertiary/aromatic N) is 1. The normalized spacial score (nSPS) is 13.8. The van der Waals surface area contributed by atoms with Crippen LogP contribution in [0.5, 0.6) is 0 Å². The Morgan fingerprint density at radius 1 is 0.800 bits per heavy atom. The van der Waals surface area contributed by atoms with Crippen LogP contribution in [0.1, 0.15) is 27.1 Å². The number of fused-ring (bicyclic) bond motifs is 1. The highest BCUT2D eigenvalue weighted by Crippen LogP contribution is 2.21. The van der Waals surface area contributed by atoms with E-state index in [0.717, 1.165) is 0 Å². The molecule has 1 aliphatic rings. The topological polar surface area (TPSA) is 106 Å². The molecular weight excluding hydrogens is 330 g/mol. The van der Waals surface area contributed by atoms with E-state index >= 15 is 0 Å². The zero-order chi connectivity index (χ0) is 18.1. The van der Waals surface area contributed by atoms with Crippen molar-refractivity contribution in [2.24, 2.45) is 0 Å². The molecule has 2 rings (SSSR count). The average molecular weight is 353 g/mol. The Kier molecular flexibility index (Phi) is 7.96. The second kappa shape index (κ2) is 10.2. The summed E-state index contributed by atoms with van der Waals surface area (Å²) in [6.07, 6.45) is -1.18. The molecule has 1 aromatic rings. The lowest BCUT2D eigenvalue weighted by Crippen LogP contribution is -2.33. The number of aliphatic hydroxyl groups excluding tert-OH is 1. The van der Waals surface area contributed by atoms with E-state index in [9.17, 15) is 9.59 Å². The Bertz CT molecular complexity index is 541. The summed E-state index contributed by atoms with van der Waals surface area (Å²) in [5, 5.41) is 17.2. The molecule has 0 radical (unpaired) electrons. The van der Waals surface area contributed by atoms with Crippen molar-refractivity contribution in [3.05, 3.63) is 35.4 Å². The highest BCUT2D eigenvalue weighted by molar-refractivity contribution is 6.21. The van der Waals surface area contributed by atoms with Crippen LogP contribution in [0, 0.1) is 0 Å². The summed E-state index contributed by atoms with van der Waals surface area (Å²) >= 11 is 0. The standard InChI is InChI=1S/C17H23NO7/c19-15(20)5-7-23-9-11-25-12-10-24-8-6-18-16(21)13-3-1-2-4-14(13)17(18)22/h1-4,15,19-20H,5-12H2. The first-order chi connectivity index (χ1) is 12.1. The zero-order valence-corrected chi connectivity index (χ0v) is 13.9. The minimum absolute atomic E-state index is 0.168. The Balaban J connectivity index is 1.50. The van der Waals surface area contributed by atoms with Gasteiger partial charge in [0, 0.05) is 6.42 Å². The fraction of sp³-hybridized carbons (Fsp3) is 0.529. The third-order valence-corrected chi connectivity index (χ3v) is 3.60. The molecule has 8 heteroatoms. The molecule has 0 saturated heterocycles. The fourth-order valence-electron chi connectivity index (χ4n) is 2.33. The van der Waals surface area contributed by atoms with Crippen LogP contribution in [0.2, 0.25) is 0 Å². The number of carbonyl (C=O) groups is 2. The monoisotopic (exact) mass is 353 g/mol. The van der Waals surface area contributed by atoms with Crippen molar-refractivity contribution in [1.82, 2.24) is 4.90 Å². The van der Waals surface area contributed by atoms with Gasteiger partial charge >= 0.3 is 0 Å². The van der Waals surface area contributed by atoms with Crippen LogP contribution in [-0.4, -0.2) is 79.4 Å². The van der Waals surface area contributed by atoms with Gasteiger partial charge in [0.25, 0.3) is 11.8 Å². The quantitative estimate of drug-likeness (QED) is 0.310. The fourth-order valence-corrected chi connectivity index (χ4v) is 2.33. The molecule has 0 atom stereocenters. The third-order valence-electron chi connectivity index (χ3n) is 3.60. The van der Waals surface area contributed by atoms with E-state index in [0.29, 0.717) is 37.6 Å². The average Bonchev–Trinajstić information content (AvgIpc) is 2.84. The van der Waals surface area contributed by atoms with Gasteiger partial charge in [-0.3, -0.25) is 14.5 Å². The molecule has 2 amide bonds. The van der Waals surface area contributed by atoms with Gasteiger partial charge in [0.1, 0.15) is 0 Å². The number of aliphatic hydroxyl groups is 2. The van der Waals surface area contributed by atoms with Crippen molar-refractivity contribution < 1.29 is 34.0 Å². The summed E-state index contributed by atoms with van der Waals surface area (Å²) in [6, 6.07) is 6.76. The van der Waals surface area contributed by atoms with Crippen molar-refractivity contribution in [3.8, 4) is 0 Å². The SMILES string of the molecule is O=C1c2ccccc2C(=O)N1CCOCCOCCOCCC(O)O. The van der Waals surface area contributed by atoms with Crippen LogP contribution in [0.15, 0.2) is 24.3 Å².